The van der Waals surface area contributed by atoms with E-state index in [-0.39, 0.29) is 17.0 Å². The second-order valence-electron chi connectivity index (χ2n) is 11.1. The Kier molecular flexibility index (Phi) is 7.87. The smallest absolute Gasteiger partial charge is 0.248 e. The van der Waals surface area contributed by atoms with Gasteiger partial charge in [-0.15, -0.1) is 0 Å². The summed E-state index contributed by atoms with van der Waals surface area (Å²) >= 11 is 5.96. The van der Waals surface area contributed by atoms with E-state index in [2.05, 4.69) is 25.5 Å². The summed E-state index contributed by atoms with van der Waals surface area (Å²) in [5.74, 6) is 0.264. The highest BCUT2D eigenvalue weighted by molar-refractivity contribution is 6.31. The number of fused-ring (bicyclic) bond motifs is 1. The van der Waals surface area contributed by atoms with Crippen molar-refractivity contribution < 1.29 is 18.7 Å². The van der Waals surface area contributed by atoms with Crippen molar-refractivity contribution in [2.24, 2.45) is 5.41 Å². The fourth-order valence-corrected chi connectivity index (χ4v) is 6.19. The molecule has 2 aromatic carbocycles. The molecule has 1 atom stereocenters. The van der Waals surface area contributed by atoms with Gasteiger partial charge in [-0.1, -0.05) is 36.9 Å². The van der Waals surface area contributed by atoms with Gasteiger partial charge in [0.1, 0.15) is 29.8 Å². The van der Waals surface area contributed by atoms with E-state index in [1.807, 2.05) is 6.08 Å². The topological polar surface area (TPSA) is 88.6 Å². The third kappa shape index (κ3) is 6.06. The fourth-order valence-electron chi connectivity index (χ4n) is 6.01. The third-order valence-electron chi connectivity index (χ3n) is 8.02. The van der Waals surface area contributed by atoms with E-state index < -0.39 is 5.82 Å². The second-order valence-corrected chi connectivity index (χ2v) is 11.5. The molecule has 1 amide bonds. The van der Waals surface area contributed by atoms with Crippen LogP contribution in [0.3, 0.4) is 0 Å². The summed E-state index contributed by atoms with van der Waals surface area (Å²) in [6.45, 7) is 4.14. The lowest BCUT2D eigenvalue weighted by molar-refractivity contribution is -0.112. The number of nitrogens with one attached hydrogen (secondary N) is 2. The van der Waals surface area contributed by atoms with Gasteiger partial charge in [-0.25, -0.2) is 14.4 Å². The molecule has 3 aromatic rings. The van der Waals surface area contributed by atoms with Crippen LogP contribution in [0, 0.1) is 11.2 Å². The Labute approximate surface area is 237 Å². The molecule has 10 heteroatoms. The lowest BCUT2D eigenvalue weighted by Crippen LogP contribution is -2.56. The Balaban J connectivity index is 1.19. The average molecular weight is 566 g/mol. The molecule has 2 N–H and O–H groups in total. The molecule has 1 saturated carbocycles. The maximum atomic E-state index is 13.7. The number of carbonyl (C=O) groups excluding carboxylic acids is 1. The van der Waals surface area contributed by atoms with Crippen molar-refractivity contribution in [1.29, 1.82) is 0 Å². The highest BCUT2D eigenvalue weighted by Crippen LogP contribution is 2.43. The van der Waals surface area contributed by atoms with E-state index in [0.29, 0.717) is 52.5 Å². The van der Waals surface area contributed by atoms with Crippen LogP contribution in [0.2, 0.25) is 5.02 Å². The van der Waals surface area contributed by atoms with E-state index in [0.717, 1.165) is 26.1 Å². The number of hydrogen-bond acceptors (Lipinski definition) is 7. The van der Waals surface area contributed by atoms with Crippen LogP contribution in [-0.4, -0.2) is 59.7 Å². The monoisotopic (exact) mass is 565 g/mol. The number of rotatable bonds is 8. The van der Waals surface area contributed by atoms with Crippen molar-refractivity contribution in [3.63, 3.8) is 0 Å². The first-order valence-corrected chi connectivity index (χ1v) is 14.3. The van der Waals surface area contributed by atoms with Crippen molar-refractivity contribution >= 4 is 45.6 Å². The van der Waals surface area contributed by atoms with E-state index in [4.69, 9.17) is 21.1 Å². The van der Waals surface area contributed by atoms with Gasteiger partial charge in [0.15, 0.2) is 0 Å². The lowest BCUT2D eigenvalue weighted by atomic mass is 9.69. The minimum absolute atomic E-state index is 0.00436. The molecule has 2 aliphatic heterocycles. The number of carbonyl (C=O) groups is 1. The highest BCUT2D eigenvalue weighted by atomic mass is 35.5. The van der Waals surface area contributed by atoms with Gasteiger partial charge in [-0.05, 0) is 42.5 Å². The van der Waals surface area contributed by atoms with Gasteiger partial charge in [0, 0.05) is 49.3 Å². The predicted octanol–water partition coefficient (Wildman–Crippen LogP) is 6.09. The normalized spacial score (nSPS) is 20.6. The van der Waals surface area contributed by atoms with Crippen LogP contribution >= 0.6 is 11.6 Å². The number of halogens is 2. The first-order chi connectivity index (χ1) is 19.5. The van der Waals surface area contributed by atoms with Gasteiger partial charge >= 0.3 is 0 Å². The zero-order valence-corrected chi connectivity index (χ0v) is 23.1. The summed E-state index contributed by atoms with van der Waals surface area (Å²) in [4.78, 5) is 24.2. The van der Waals surface area contributed by atoms with Gasteiger partial charge in [0.05, 0.1) is 29.4 Å². The van der Waals surface area contributed by atoms with Crippen molar-refractivity contribution in [3.8, 4) is 5.75 Å². The van der Waals surface area contributed by atoms with Crippen molar-refractivity contribution in [1.82, 2.24) is 14.9 Å². The maximum Gasteiger partial charge on any atom is 0.248 e. The van der Waals surface area contributed by atoms with Crippen LogP contribution < -0.4 is 15.4 Å². The Morgan fingerprint density at radius 1 is 1.20 bits per heavy atom. The number of hydrogen-bond donors (Lipinski definition) is 2. The molecular formula is C30H33ClFN5O3. The second kappa shape index (κ2) is 11.7. The maximum absolute atomic E-state index is 13.7. The number of likely N-dealkylation sites (tertiary alicyclic amines) is 1. The van der Waals surface area contributed by atoms with Crippen LogP contribution in [-0.2, 0) is 9.53 Å². The summed E-state index contributed by atoms with van der Waals surface area (Å²) in [5, 5.41) is 6.83. The van der Waals surface area contributed by atoms with Gasteiger partial charge in [0.2, 0.25) is 5.91 Å². The molecule has 1 aromatic heterocycles. The summed E-state index contributed by atoms with van der Waals surface area (Å²) in [7, 11) is 0. The van der Waals surface area contributed by atoms with E-state index in [1.54, 1.807) is 24.3 Å². The molecule has 3 heterocycles. The van der Waals surface area contributed by atoms with Gasteiger partial charge in [-0.2, -0.15) is 0 Å². The Bertz CT molecular complexity index is 1410. The summed E-state index contributed by atoms with van der Waals surface area (Å²) in [6, 6.07) is 7.94. The Hall–Kier alpha value is -3.27. The van der Waals surface area contributed by atoms with Crippen LogP contribution in [0.25, 0.3) is 10.9 Å². The van der Waals surface area contributed by atoms with Crippen LogP contribution in [0.1, 0.15) is 38.5 Å². The molecule has 1 spiro atoms. The molecule has 6 rings (SSSR count). The van der Waals surface area contributed by atoms with E-state index >= 15 is 0 Å². The molecule has 0 bridgehead atoms. The van der Waals surface area contributed by atoms with Crippen LogP contribution in [0.4, 0.5) is 21.6 Å². The number of benzene rings is 2. The first kappa shape index (κ1) is 26.9. The fraction of sp³-hybridized carbons (Fsp3) is 0.433. The average Bonchev–Trinajstić information content (AvgIpc) is 3.44. The molecule has 210 valence electrons. The van der Waals surface area contributed by atoms with Crippen molar-refractivity contribution in [2.75, 3.05) is 43.5 Å². The number of aromatic nitrogens is 2. The molecule has 3 aliphatic rings. The molecule has 40 heavy (non-hydrogen) atoms. The first-order valence-electron chi connectivity index (χ1n) is 13.9. The standard InChI is InChI=1S/C30H33ClFN5O3/c31-23-13-20(6-7-24(23)32)35-29-22-14-26(27(15-25(22)33-19-34-29)40-21-8-12-39-16-21)36-28(38)5-4-11-37-17-30(18-37)9-2-1-3-10-30/h4-7,13-15,19,21H,1-3,8-12,16-18H2,(H,36,38)(H,33,34,35). The number of nitrogens with zero attached hydrogens (tertiary/aromatic N) is 3. The Morgan fingerprint density at radius 3 is 2.83 bits per heavy atom. The predicted molar refractivity (Wildman–Crippen MR) is 154 cm³/mol. The molecule has 1 aliphatic carbocycles. The molecule has 1 unspecified atom stereocenters. The quantitative estimate of drug-likeness (QED) is 0.319. The minimum Gasteiger partial charge on any atom is -0.486 e. The minimum atomic E-state index is -0.502. The van der Waals surface area contributed by atoms with Crippen molar-refractivity contribution in [2.45, 2.75) is 44.6 Å². The van der Waals surface area contributed by atoms with Crippen LogP contribution in [0.5, 0.6) is 5.75 Å². The zero-order valence-electron chi connectivity index (χ0n) is 22.3. The van der Waals surface area contributed by atoms with E-state index in [1.165, 1.54) is 50.6 Å². The van der Waals surface area contributed by atoms with Gasteiger partial charge in [-0.3, -0.25) is 9.69 Å². The van der Waals surface area contributed by atoms with Gasteiger partial charge < -0.3 is 20.1 Å². The number of amides is 1. The number of anilines is 3. The van der Waals surface area contributed by atoms with Crippen LogP contribution in [0.15, 0.2) is 48.8 Å². The van der Waals surface area contributed by atoms with Crippen molar-refractivity contribution in [3.05, 3.63) is 59.7 Å². The Morgan fingerprint density at radius 2 is 2.05 bits per heavy atom. The molecule has 3 fully saturated rings. The van der Waals surface area contributed by atoms with Gasteiger partial charge in [0.25, 0.3) is 0 Å². The third-order valence-corrected chi connectivity index (χ3v) is 8.31. The molecule has 8 nitrogen and oxygen atoms in total. The zero-order chi connectivity index (χ0) is 27.5. The summed E-state index contributed by atoms with van der Waals surface area (Å²) < 4.78 is 25.4. The van der Waals surface area contributed by atoms with E-state index in [9.17, 15) is 9.18 Å². The molecular weight excluding hydrogens is 533 g/mol. The molecule has 0 radical (unpaired) electrons. The largest absolute Gasteiger partial charge is 0.486 e. The summed E-state index contributed by atoms with van der Waals surface area (Å²) in [5.41, 5.74) is 2.23. The molecule has 2 saturated heterocycles. The SMILES string of the molecule is O=C(C=CCN1CC2(CCCCC2)C1)Nc1cc2c(Nc3ccc(F)c(Cl)c3)ncnc2cc1OC1CCOC1. The lowest BCUT2D eigenvalue weighted by Gasteiger charge is -2.52. The highest BCUT2D eigenvalue weighted by Gasteiger charge is 2.42. The number of ether oxygens (including phenoxy) is 2. The summed E-state index contributed by atoms with van der Waals surface area (Å²) in [6.07, 6.45) is 12.3.